The first kappa shape index (κ1) is 16.7. The number of furan rings is 1. The van der Waals surface area contributed by atoms with Gasteiger partial charge in [-0.2, -0.15) is 5.10 Å². The maximum atomic E-state index is 11.8. The number of para-hydroxylation sites is 1. The van der Waals surface area contributed by atoms with Crippen LogP contribution in [0.2, 0.25) is 0 Å². The van der Waals surface area contributed by atoms with E-state index in [0.717, 1.165) is 12.3 Å². The van der Waals surface area contributed by atoms with Crippen molar-refractivity contribution in [1.29, 1.82) is 0 Å². The SMILES string of the molecule is O=C(CNC(=O)c1ccccc1O)NN=Cc1ccc([N+](=O)[O-])o1. The quantitative estimate of drug-likeness (QED) is 0.404. The van der Waals surface area contributed by atoms with Gasteiger partial charge in [0.25, 0.3) is 11.8 Å². The number of carbonyl (C=O) groups excluding carboxylic acids is 2. The van der Waals surface area contributed by atoms with Crippen LogP contribution < -0.4 is 10.7 Å². The number of rotatable bonds is 6. The standard InChI is InChI=1S/C14H12N4O6/c19-11-4-2-1-3-10(11)14(21)15-8-12(20)17-16-7-9-5-6-13(24-9)18(22)23/h1-7,19H,8H2,(H,15,21)(H,17,20). The summed E-state index contributed by atoms with van der Waals surface area (Å²) < 4.78 is 4.80. The van der Waals surface area contributed by atoms with E-state index in [4.69, 9.17) is 4.42 Å². The number of nitro groups is 1. The summed E-state index contributed by atoms with van der Waals surface area (Å²) in [7, 11) is 0. The number of benzene rings is 1. The van der Waals surface area contributed by atoms with Crippen LogP contribution >= 0.6 is 0 Å². The lowest BCUT2D eigenvalue weighted by atomic mass is 10.2. The molecule has 0 fully saturated rings. The lowest BCUT2D eigenvalue weighted by Crippen LogP contribution is -2.34. The van der Waals surface area contributed by atoms with Crippen LogP contribution in [0.4, 0.5) is 5.88 Å². The highest BCUT2D eigenvalue weighted by Gasteiger charge is 2.12. The fourth-order valence-electron chi connectivity index (χ4n) is 1.64. The third-order valence-electron chi connectivity index (χ3n) is 2.73. The number of phenolic OH excluding ortho intramolecular Hbond substituents is 1. The van der Waals surface area contributed by atoms with Crippen LogP contribution in [0.15, 0.2) is 45.9 Å². The Labute approximate surface area is 134 Å². The molecule has 10 heteroatoms. The maximum Gasteiger partial charge on any atom is 0.433 e. The van der Waals surface area contributed by atoms with Crippen LogP contribution in [-0.4, -0.2) is 34.6 Å². The lowest BCUT2D eigenvalue weighted by molar-refractivity contribution is -0.402. The lowest BCUT2D eigenvalue weighted by Gasteiger charge is -2.05. The molecule has 0 spiro atoms. The first-order chi connectivity index (χ1) is 11.5. The Morgan fingerprint density at radius 2 is 2.04 bits per heavy atom. The minimum Gasteiger partial charge on any atom is -0.507 e. The molecule has 24 heavy (non-hydrogen) atoms. The Morgan fingerprint density at radius 1 is 1.29 bits per heavy atom. The van der Waals surface area contributed by atoms with Gasteiger partial charge < -0.3 is 14.8 Å². The first-order valence-electron chi connectivity index (χ1n) is 6.59. The van der Waals surface area contributed by atoms with E-state index in [-0.39, 0.29) is 23.6 Å². The normalized spacial score (nSPS) is 10.5. The van der Waals surface area contributed by atoms with E-state index in [0.29, 0.717) is 0 Å². The summed E-state index contributed by atoms with van der Waals surface area (Å²) in [5, 5.41) is 25.8. The van der Waals surface area contributed by atoms with Gasteiger partial charge in [-0.15, -0.1) is 0 Å². The Balaban J connectivity index is 1.81. The zero-order valence-corrected chi connectivity index (χ0v) is 12.1. The van der Waals surface area contributed by atoms with Gasteiger partial charge in [0.15, 0.2) is 5.76 Å². The van der Waals surface area contributed by atoms with E-state index in [1.807, 2.05) is 0 Å². The van der Waals surface area contributed by atoms with Crippen molar-refractivity contribution in [3.05, 3.63) is 57.8 Å². The van der Waals surface area contributed by atoms with Crippen LogP contribution in [0.3, 0.4) is 0 Å². The van der Waals surface area contributed by atoms with Gasteiger partial charge in [-0.25, -0.2) is 5.43 Å². The van der Waals surface area contributed by atoms with Crippen LogP contribution in [-0.2, 0) is 4.79 Å². The fourth-order valence-corrected chi connectivity index (χ4v) is 1.64. The van der Waals surface area contributed by atoms with Gasteiger partial charge in [0, 0.05) is 0 Å². The predicted octanol–water partition coefficient (Wildman–Crippen LogP) is 0.773. The highest BCUT2D eigenvalue weighted by Crippen LogP contribution is 2.15. The van der Waals surface area contributed by atoms with Gasteiger partial charge in [0.1, 0.15) is 10.7 Å². The van der Waals surface area contributed by atoms with E-state index < -0.39 is 22.6 Å². The molecule has 1 aromatic carbocycles. The molecule has 0 aliphatic heterocycles. The van der Waals surface area contributed by atoms with Crippen molar-refractivity contribution in [3.63, 3.8) is 0 Å². The molecule has 0 saturated heterocycles. The van der Waals surface area contributed by atoms with Crippen LogP contribution in [0, 0.1) is 10.1 Å². The van der Waals surface area contributed by atoms with Gasteiger partial charge in [-0.1, -0.05) is 12.1 Å². The summed E-state index contributed by atoms with van der Waals surface area (Å²) in [6.07, 6.45) is 1.08. The van der Waals surface area contributed by atoms with E-state index in [2.05, 4.69) is 15.8 Å². The van der Waals surface area contributed by atoms with Gasteiger partial charge in [0.2, 0.25) is 0 Å². The second kappa shape index (κ2) is 7.54. The molecular weight excluding hydrogens is 320 g/mol. The summed E-state index contributed by atoms with van der Waals surface area (Å²) in [5.41, 5.74) is 2.15. The topological polar surface area (TPSA) is 147 Å². The molecule has 2 rings (SSSR count). The molecule has 1 aromatic heterocycles. The molecule has 1 heterocycles. The molecule has 124 valence electrons. The second-order valence-electron chi connectivity index (χ2n) is 4.43. The number of hydrazone groups is 1. The number of aromatic hydroxyl groups is 1. The van der Waals surface area contributed by atoms with Crippen molar-refractivity contribution in [2.75, 3.05) is 6.54 Å². The highest BCUT2D eigenvalue weighted by atomic mass is 16.6. The number of nitrogens with one attached hydrogen (secondary N) is 2. The smallest absolute Gasteiger partial charge is 0.433 e. The van der Waals surface area contributed by atoms with Crippen molar-refractivity contribution in [1.82, 2.24) is 10.7 Å². The van der Waals surface area contributed by atoms with E-state index in [1.165, 1.54) is 18.2 Å². The van der Waals surface area contributed by atoms with Gasteiger partial charge in [-0.3, -0.25) is 19.7 Å². The van der Waals surface area contributed by atoms with Crippen molar-refractivity contribution in [2.45, 2.75) is 0 Å². The highest BCUT2D eigenvalue weighted by molar-refractivity contribution is 5.98. The Morgan fingerprint density at radius 3 is 2.71 bits per heavy atom. The van der Waals surface area contributed by atoms with E-state index in [9.17, 15) is 24.8 Å². The molecule has 0 radical (unpaired) electrons. The zero-order chi connectivity index (χ0) is 17.5. The number of phenols is 1. The third-order valence-corrected chi connectivity index (χ3v) is 2.73. The summed E-state index contributed by atoms with van der Waals surface area (Å²) in [5.74, 6) is -1.81. The summed E-state index contributed by atoms with van der Waals surface area (Å²) >= 11 is 0. The molecule has 10 nitrogen and oxygen atoms in total. The molecule has 0 saturated carbocycles. The second-order valence-corrected chi connectivity index (χ2v) is 4.43. The maximum absolute atomic E-state index is 11.8. The average molecular weight is 332 g/mol. The van der Waals surface area contributed by atoms with Crippen molar-refractivity contribution >= 4 is 23.9 Å². The van der Waals surface area contributed by atoms with Crippen molar-refractivity contribution in [3.8, 4) is 5.75 Å². The number of amides is 2. The Hall–Kier alpha value is -3.69. The molecule has 0 aliphatic rings. The minimum absolute atomic E-state index is 0.0386. The van der Waals surface area contributed by atoms with E-state index >= 15 is 0 Å². The monoisotopic (exact) mass is 332 g/mol. The van der Waals surface area contributed by atoms with Crippen LogP contribution in [0.1, 0.15) is 16.1 Å². The zero-order valence-electron chi connectivity index (χ0n) is 12.1. The largest absolute Gasteiger partial charge is 0.507 e. The average Bonchev–Trinajstić information content (AvgIpc) is 3.02. The van der Waals surface area contributed by atoms with Crippen LogP contribution in [0.25, 0.3) is 0 Å². The number of hydrogen-bond acceptors (Lipinski definition) is 7. The van der Waals surface area contributed by atoms with Gasteiger partial charge in [0.05, 0.1) is 24.4 Å². The van der Waals surface area contributed by atoms with E-state index in [1.54, 1.807) is 12.1 Å². The van der Waals surface area contributed by atoms with Crippen molar-refractivity contribution < 1.29 is 24.0 Å². The van der Waals surface area contributed by atoms with Gasteiger partial charge in [-0.05, 0) is 18.2 Å². The molecule has 0 aliphatic carbocycles. The van der Waals surface area contributed by atoms with Crippen molar-refractivity contribution in [2.24, 2.45) is 5.10 Å². The summed E-state index contributed by atoms with van der Waals surface area (Å²) in [6, 6.07) is 8.35. The molecule has 2 aromatic rings. The summed E-state index contributed by atoms with van der Waals surface area (Å²) in [4.78, 5) is 33.0. The Kier molecular flexibility index (Phi) is 5.24. The molecule has 0 unspecified atom stereocenters. The first-order valence-corrected chi connectivity index (χ1v) is 6.59. The number of carbonyl (C=O) groups is 2. The third kappa shape index (κ3) is 4.40. The number of nitrogens with zero attached hydrogens (tertiary/aromatic N) is 2. The molecule has 0 atom stereocenters. The predicted molar refractivity (Wildman–Crippen MR) is 81.5 cm³/mol. The molecule has 2 amide bonds. The molecular formula is C14H12N4O6. The van der Waals surface area contributed by atoms with Gasteiger partial charge >= 0.3 is 5.88 Å². The number of hydrogen-bond donors (Lipinski definition) is 3. The van der Waals surface area contributed by atoms with Crippen LogP contribution in [0.5, 0.6) is 5.75 Å². The Bertz CT molecular complexity index is 798. The molecule has 3 N–H and O–H groups in total. The fraction of sp³-hybridized carbons (Fsp3) is 0.0714. The summed E-state index contributed by atoms with van der Waals surface area (Å²) in [6.45, 7) is -0.372. The minimum atomic E-state index is -0.704. The molecule has 0 bridgehead atoms.